The van der Waals surface area contributed by atoms with E-state index in [9.17, 15) is 9.59 Å². The number of benzene rings is 3. The van der Waals surface area contributed by atoms with Crippen LogP contribution >= 0.6 is 11.8 Å². The number of nitrogens with two attached hydrogens (primary N) is 1. The van der Waals surface area contributed by atoms with Crippen LogP contribution in [0, 0.1) is 0 Å². The molecule has 188 valence electrons. The van der Waals surface area contributed by atoms with Gasteiger partial charge in [-0.15, -0.1) is 10.2 Å². The Morgan fingerprint density at radius 3 is 2.49 bits per heavy atom. The van der Waals surface area contributed by atoms with E-state index in [1.807, 2.05) is 72.8 Å². The number of amides is 2. The molecule has 0 fully saturated rings. The molecule has 2 amide bonds. The number of aromatic amines is 1. The fourth-order valence-corrected chi connectivity index (χ4v) is 5.23. The summed E-state index contributed by atoms with van der Waals surface area (Å²) >= 11 is 1.35. The normalized spacial score (nSPS) is 15.7. The van der Waals surface area contributed by atoms with Crippen molar-refractivity contribution in [1.82, 2.24) is 30.8 Å². The van der Waals surface area contributed by atoms with E-state index < -0.39 is 10.9 Å². The summed E-state index contributed by atoms with van der Waals surface area (Å²) in [5, 5.41) is 16.5. The summed E-state index contributed by atoms with van der Waals surface area (Å²) in [6.45, 7) is 4.10. The Kier molecular flexibility index (Phi) is 6.77. The van der Waals surface area contributed by atoms with Crippen molar-refractivity contribution in [3.05, 3.63) is 83.9 Å². The van der Waals surface area contributed by atoms with Crippen LogP contribution in [0.2, 0.25) is 0 Å². The van der Waals surface area contributed by atoms with Crippen LogP contribution in [0.3, 0.4) is 0 Å². The molecule has 1 aliphatic heterocycles. The minimum absolute atomic E-state index is 0.162. The molecule has 37 heavy (non-hydrogen) atoms. The fourth-order valence-electron chi connectivity index (χ4n) is 4.12. The highest BCUT2D eigenvalue weighted by atomic mass is 32.2. The largest absolute Gasteiger partial charge is 0.334 e. The quantitative estimate of drug-likeness (QED) is 0.360. The Morgan fingerprint density at radius 2 is 1.78 bits per heavy atom. The van der Waals surface area contributed by atoms with E-state index in [0.717, 1.165) is 32.7 Å². The molecular weight excluding hydrogens is 486 g/mol. The topological polar surface area (TPSA) is 130 Å². The molecule has 3 aromatic carbocycles. The maximum absolute atomic E-state index is 13.6. The van der Waals surface area contributed by atoms with Gasteiger partial charge in [0, 0.05) is 23.5 Å². The highest BCUT2D eigenvalue weighted by Crippen LogP contribution is 2.33. The van der Waals surface area contributed by atoms with Gasteiger partial charge in [-0.1, -0.05) is 78.5 Å². The second-order valence-electron chi connectivity index (χ2n) is 9.47. The number of nitrogens with zero attached hydrogens (tertiary/aromatic N) is 4. The Bertz CT molecular complexity index is 1420. The Hall–Kier alpha value is -4.02. The molecule has 5 rings (SSSR count). The van der Waals surface area contributed by atoms with Gasteiger partial charge in [-0.3, -0.25) is 9.59 Å². The van der Waals surface area contributed by atoms with Crippen molar-refractivity contribution in [2.24, 2.45) is 5.73 Å². The minimum atomic E-state index is -1.09. The van der Waals surface area contributed by atoms with Crippen LogP contribution in [-0.2, 0) is 22.7 Å². The molecule has 1 aromatic heterocycles. The van der Waals surface area contributed by atoms with Crippen LogP contribution in [-0.4, -0.2) is 48.3 Å². The molecule has 0 saturated carbocycles. The van der Waals surface area contributed by atoms with Gasteiger partial charge in [0.1, 0.15) is 0 Å². The number of carbonyl (C=O) groups is 2. The first-order valence-corrected chi connectivity index (χ1v) is 12.7. The van der Waals surface area contributed by atoms with Crippen molar-refractivity contribution < 1.29 is 9.59 Å². The van der Waals surface area contributed by atoms with Gasteiger partial charge in [-0.2, -0.15) is 5.21 Å². The van der Waals surface area contributed by atoms with Gasteiger partial charge < -0.3 is 16.0 Å². The molecule has 0 aliphatic carbocycles. The Balaban J connectivity index is 1.40. The van der Waals surface area contributed by atoms with Gasteiger partial charge >= 0.3 is 0 Å². The van der Waals surface area contributed by atoms with Crippen LogP contribution in [0.1, 0.15) is 25.0 Å². The molecule has 0 spiro atoms. The van der Waals surface area contributed by atoms with Crippen molar-refractivity contribution in [3.63, 3.8) is 0 Å². The smallest absolute Gasteiger partial charge is 0.256 e. The van der Waals surface area contributed by atoms with Gasteiger partial charge in [0.05, 0.1) is 5.54 Å². The van der Waals surface area contributed by atoms with Gasteiger partial charge in [-0.25, -0.2) is 0 Å². The summed E-state index contributed by atoms with van der Waals surface area (Å²) in [6.07, 6.45) is 0. The highest BCUT2D eigenvalue weighted by molar-refractivity contribution is 8.00. The zero-order valence-corrected chi connectivity index (χ0v) is 21.3. The van der Waals surface area contributed by atoms with Crippen LogP contribution in [0.15, 0.2) is 77.7 Å². The highest BCUT2D eigenvalue weighted by Gasteiger charge is 2.34. The summed E-state index contributed by atoms with van der Waals surface area (Å²) in [5.74, 6) is -0.00705. The average molecular weight is 514 g/mol. The second-order valence-corrected chi connectivity index (χ2v) is 10.6. The number of rotatable bonds is 6. The first-order chi connectivity index (χ1) is 17.8. The number of hydrogen-bond donors (Lipinski definition) is 3. The summed E-state index contributed by atoms with van der Waals surface area (Å²) < 4.78 is 0. The molecule has 1 aliphatic rings. The van der Waals surface area contributed by atoms with E-state index >= 15 is 0 Å². The summed E-state index contributed by atoms with van der Waals surface area (Å²) in [6, 6.07) is 23.8. The monoisotopic (exact) mass is 513 g/mol. The van der Waals surface area contributed by atoms with Gasteiger partial charge in [0.2, 0.25) is 11.7 Å². The van der Waals surface area contributed by atoms with Crippen LogP contribution < -0.4 is 11.1 Å². The molecule has 1 atom stereocenters. The number of nitrogens with one attached hydrogen (secondary N) is 2. The third-order valence-corrected chi connectivity index (χ3v) is 7.32. The SMILES string of the molecule is CC(C)(N)C(=O)N[C@@H]1Sc2ccccc2CN(Cc2ccc(-c3ccccc3-c3nn[nH]n3)cc2)C1=O. The zero-order chi connectivity index (χ0) is 26.0. The second kappa shape index (κ2) is 10.2. The van der Waals surface area contributed by atoms with Gasteiger partial charge in [-0.05, 0) is 47.4 Å². The van der Waals surface area contributed by atoms with Crippen LogP contribution in [0.4, 0.5) is 0 Å². The molecule has 9 nitrogen and oxygen atoms in total. The van der Waals surface area contributed by atoms with Crippen molar-refractivity contribution in [1.29, 1.82) is 0 Å². The predicted octanol–water partition coefficient (Wildman–Crippen LogP) is 3.35. The lowest BCUT2D eigenvalue weighted by Gasteiger charge is -2.27. The van der Waals surface area contributed by atoms with Crippen LogP contribution in [0.25, 0.3) is 22.5 Å². The Morgan fingerprint density at radius 1 is 1.08 bits per heavy atom. The number of carbonyl (C=O) groups excluding carboxylic acids is 2. The van der Waals surface area contributed by atoms with Crippen molar-refractivity contribution in [2.45, 2.75) is 42.7 Å². The molecule has 10 heteroatoms. The number of H-pyrrole nitrogens is 1. The van der Waals surface area contributed by atoms with E-state index in [1.54, 1.807) is 18.7 Å². The Labute approximate surface area is 218 Å². The first-order valence-electron chi connectivity index (χ1n) is 11.8. The number of hydrogen-bond acceptors (Lipinski definition) is 7. The number of thioether (sulfide) groups is 1. The molecule has 0 unspecified atom stereocenters. The summed E-state index contributed by atoms with van der Waals surface area (Å²) in [5.41, 5.74) is 9.76. The summed E-state index contributed by atoms with van der Waals surface area (Å²) in [4.78, 5) is 28.9. The minimum Gasteiger partial charge on any atom is -0.334 e. The molecule has 4 aromatic rings. The van der Waals surface area contributed by atoms with Crippen LogP contribution in [0.5, 0.6) is 0 Å². The lowest BCUT2D eigenvalue weighted by Crippen LogP contribution is -2.54. The molecule has 2 heterocycles. The maximum Gasteiger partial charge on any atom is 0.256 e. The lowest BCUT2D eigenvalue weighted by atomic mass is 9.98. The zero-order valence-electron chi connectivity index (χ0n) is 20.5. The van der Waals surface area contributed by atoms with Crippen molar-refractivity contribution in [3.8, 4) is 22.5 Å². The molecule has 0 saturated heterocycles. The standard InChI is InChI=1S/C27H27N7O2S/c1-27(2,28)26(36)29-24-25(35)34(16-19-7-3-6-10-22(19)37-24)15-17-11-13-18(14-12-17)20-8-4-5-9-21(20)23-30-32-33-31-23/h3-14,24H,15-16,28H2,1-2H3,(H,29,36)(H,30,31,32,33)/t24-/m1/s1. The van der Waals surface area contributed by atoms with E-state index in [4.69, 9.17) is 5.73 Å². The van der Waals surface area contributed by atoms with Crippen molar-refractivity contribution >= 4 is 23.6 Å². The van der Waals surface area contributed by atoms with E-state index in [1.165, 1.54) is 11.8 Å². The molecule has 4 N–H and O–H groups in total. The number of aromatic nitrogens is 4. The predicted molar refractivity (Wildman–Crippen MR) is 142 cm³/mol. The number of fused-ring (bicyclic) bond motifs is 1. The third-order valence-electron chi connectivity index (χ3n) is 6.11. The molecular formula is C27H27N7O2S. The van der Waals surface area contributed by atoms with Crippen molar-refractivity contribution in [2.75, 3.05) is 0 Å². The number of tetrazole rings is 1. The molecule has 0 bridgehead atoms. The maximum atomic E-state index is 13.6. The third kappa shape index (κ3) is 5.40. The van der Waals surface area contributed by atoms with E-state index in [-0.39, 0.29) is 11.8 Å². The summed E-state index contributed by atoms with van der Waals surface area (Å²) in [7, 11) is 0. The van der Waals surface area contributed by atoms with Gasteiger partial charge in [0.15, 0.2) is 5.37 Å². The first kappa shape index (κ1) is 24.7. The van der Waals surface area contributed by atoms with E-state index in [2.05, 4.69) is 25.9 Å². The fraction of sp³-hybridized carbons (Fsp3) is 0.222. The van der Waals surface area contributed by atoms with E-state index in [0.29, 0.717) is 18.9 Å². The molecule has 0 radical (unpaired) electrons. The lowest BCUT2D eigenvalue weighted by molar-refractivity contribution is -0.135. The average Bonchev–Trinajstić information content (AvgIpc) is 3.39. The van der Waals surface area contributed by atoms with Gasteiger partial charge in [0.25, 0.3) is 5.91 Å².